The summed E-state index contributed by atoms with van der Waals surface area (Å²) in [5.74, 6) is 1.31. The molecule has 2 aromatic carbocycles. The van der Waals surface area contributed by atoms with Gasteiger partial charge in [-0.05, 0) is 29.8 Å². The molecular formula is C22H18N2O2S. The summed E-state index contributed by atoms with van der Waals surface area (Å²) in [5.41, 5.74) is 3.31. The van der Waals surface area contributed by atoms with Crippen LogP contribution in [-0.4, -0.2) is 19.2 Å². The minimum atomic E-state index is 0.527. The molecular weight excluding hydrogens is 356 g/mol. The molecule has 0 atom stereocenters. The van der Waals surface area contributed by atoms with E-state index in [-0.39, 0.29) is 0 Å². The van der Waals surface area contributed by atoms with Crippen LogP contribution in [0.25, 0.3) is 22.9 Å². The Morgan fingerprint density at radius 2 is 1.85 bits per heavy atom. The van der Waals surface area contributed by atoms with Gasteiger partial charge < -0.3 is 9.47 Å². The molecule has 0 amide bonds. The number of nitriles is 1. The first kappa shape index (κ1) is 18.4. The van der Waals surface area contributed by atoms with Crippen LogP contribution in [-0.2, 0) is 0 Å². The van der Waals surface area contributed by atoms with Gasteiger partial charge in [-0.1, -0.05) is 42.5 Å². The third-order valence-electron chi connectivity index (χ3n) is 3.89. The summed E-state index contributed by atoms with van der Waals surface area (Å²) in [6, 6.07) is 17.8. The lowest BCUT2D eigenvalue weighted by atomic mass is 10.1. The van der Waals surface area contributed by atoms with E-state index in [2.05, 4.69) is 11.1 Å². The normalized spacial score (nSPS) is 11.4. The summed E-state index contributed by atoms with van der Waals surface area (Å²) in [6.45, 7) is 0. The van der Waals surface area contributed by atoms with Crippen molar-refractivity contribution in [3.05, 3.63) is 76.6 Å². The number of ether oxygens (including phenoxy) is 2. The van der Waals surface area contributed by atoms with Crippen molar-refractivity contribution in [3.8, 4) is 28.8 Å². The molecule has 134 valence electrons. The van der Waals surface area contributed by atoms with Crippen molar-refractivity contribution in [2.45, 2.75) is 0 Å². The third-order valence-corrected chi connectivity index (χ3v) is 4.76. The van der Waals surface area contributed by atoms with E-state index in [1.54, 1.807) is 20.3 Å². The molecule has 3 aromatic rings. The Hall–Kier alpha value is -3.36. The van der Waals surface area contributed by atoms with E-state index in [9.17, 15) is 5.26 Å². The maximum absolute atomic E-state index is 9.48. The van der Waals surface area contributed by atoms with E-state index < -0.39 is 0 Å². The standard InChI is InChI=1S/C22H18N2O2S/c1-25-20-12-11-17(13-21(20)26-2)19-15-27-22(24-19)18(14-23)10-6-9-16-7-4-3-5-8-16/h3-13,15H,1-2H3/b9-6+,18-10-. The van der Waals surface area contributed by atoms with Crippen molar-refractivity contribution in [2.75, 3.05) is 14.2 Å². The molecule has 4 nitrogen and oxygen atoms in total. The summed E-state index contributed by atoms with van der Waals surface area (Å²) in [5, 5.41) is 12.1. The maximum atomic E-state index is 9.48. The molecule has 0 spiro atoms. The Balaban J connectivity index is 1.84. The number of allylic oxidation sites excluding steroid dienone is 3. The van der Waals surface area contributed by atoms with Gasteiger partial charge in [0.2, 0.25) is 0 Å². The zero-order valence-electron chi connectivity index (χ0n) is 15.0. The Labute approximate surface area is 162 Å². The van der Waals surface area contributed by atoms with Crippen molar-refractivity contribution in [3.63, 3.8) is 0 Å². The Morgan fingerprint density at radius 3 is 2.56 bits per heavy atom. The predicted molar refractivity (Wildman–Crippen MR) is 110 cm³/mol. The van der Waals surface area contributed by atoms with E-state index in [1.165, 1.54) is 11.3 Å². The van der Waals surface area contributed by atoms with Crippen LogP contribution in [0.1, 0.15) is 10.6 Å². The first-order valence-electron chi connectivity index (χ1n) is 8.27. The number of rotatable bonds is 6. The quantitative estimate of drug-likeness (QED) is 0.425. The molecule has 0 aliphatic rings. The van der Waals surface area contributed by atoms with Crippen LogP contribution in [0.3, 0.4) is 0 Å². The van der Waals surface area contributed by atoms with E-state index >= 15 is 0 Å². The maximum Gasteiger partial charge on any atom is 0.161 e. The monoisotopic (exact) mass is 374 g/mol. The van der Waals surface area contributed by atoms with Crippen LogP contribution in [0, 0.1) is 11.3 Å². The molecule has 27 heavy (non-hydrogen) atoms. The van der Waals surface area contributed by atoms with Crippen LogP contribution in [0.5, 0.6) is 11.5 Å². The number of hydrogen-bond acceptors (Lipinski definition) is 5. The van der Waals surface area contributed by atoms with Gasteiger partial charge in [0.05, 0.1) is 25.5 Å². The van der Waals surface area contributed by atoms with Crippen molar-refractivity contribution < 1.29 is 9.47 Å². The third kappa shape index (κ3) is 4.43. The molecule has 1 aromatic heterocycles. The van der Waals surface area contributed by atoms with Gasteiger partial charge in [-0.25, -0.2) is 4.98 Å². The Morgan fingerprint density at radius 1 is 1.07 bits per heavy atom. The van der Waals surface area contributed by atoms with Crippen LogP contribution in [0.4, 0.5) is 0 Å². The lowest BCUT2D eigenvalue weighted by Gasteiger charge is -2.08. The largest absolute Gasteiger partial charge is 0.493 e. The van der Waals surface area contributed by atoms with Gasteiger partial charge in [-0.2, -0.15) is 5.26 Å². The lowest BCUT2D eigenvalue weighted by Crippen LogP contribution is -1.91. The fourth-order valence-corrected chi connectivity index (χ4v) is 3.31. The summed E-state index contributed by atoms with van der Waals surface area (Å²) in [6.07, 6.45) is 5.61. The van der Waals surface area contributed by atoms with Crippen LogP contribution >= 0.6 is 11.3 Å². The average Bonchev–Trinajstić information content (AvgIpc) is 3.21. The number of aromatic nitrogens is 1. The highest BCUT2D eigenvalue weighted by atomic mass is 32.1. The minimum absolute atomic E-state index is 0.527. The molecule has 5 heteroatoms. The molecule has 0 N–H and O–H groups in total. The fourth-order valence-electron chi connectivity index (χ4n) is 2.50. The zero-order valence-corrected chi connectivity index (χ0v) is 15.9. The molecule has 0 unspecified atom stereocenters. The molecule has 0 saturated carbocycles. The van der Waals surface area contributed by atoms with Crippen LogP contribution in [0.15, 0.2) is 66.1 Å². The van der Waals surface area contributed by atoms with E-state index in [0.717, 1.165) is 16.8 Å². The van der Waals surface area contributed by atoms with Crippen molar-refractivity contribution in [2.24, 2.45) is 0 Å². The SMILES string of the molecule is COc1ccc(-c2csc(/C(C#N)=C\C=C\c3ccccc3)n2)cc1OC. The van der Waals surface area contributed by atoms with Gasteiger partial charge >= 0.3 is 0 Å². The van der Waals surface area contributed by atoms with E-state index in [1.807, 2.05) is 66.1 Å². The molecule has 0 radical (unpaired) electrons. The molecule has 0 saturated heterocycles. The smallest absolute Gasteiger partial charge is 0.161 e. The Bertz CT molecular complexity index is 1010. The highest BCUT2D eigenvalue weighted by Gasteiger charge is 2.11. The Kier molecular flexibility index (Phi) is 6.03. The predicted octanol–water partition coefficient (Wildman–Crippen LogP) is 5.45. The molecule has 0 bridgehead atoms. The van der Waals surface area contributed by atoms with Gasteiger partial charge in [0, 0.05) is 10.9 Å². The van der Waals surface area contributed by atoms with Gasteiger partial charge in [-0.15, -0.1) is 11.3 Å². The highest BCUT2D eigenvalue weighted by molar-refractivity contribution is 7.11. The van der Waals surface area contributed by atoms with Gasteiger partial charge in [0.1, 0.15) is 11.1 Å². The second kappa shape index (κ2) is 8.84. The fraction of sp³-hybridized carbons (Fsp3) is 0.0909. The van der Waals surface area contributed by atoms with Gasteiger partial charge in [-0.3, -0.25) is 0 Å². The number of thiazole rings is 1. The van der Waals surface area contributed by atoms with Crippen LogP contribution in [0.2, 0.25) is 0 Å². The van der Waals surface area contributed by atoms with E-state index in [0.29, 0.717) is 22.1 Å². The van der Waals surface area contributed by atoms with Gasteiger partial charge in [0.15, 0.2) is 11.5 Å². The topological polar surface area (TPSA) is 55.1 Å². The average molecular weight is 374 g/mol. The van der Waals surface area contributed by atoms with Gasteiger partial charge in [0.25, 0.3) is 0 Å². The van der Waals surface area contributed by atoms with Crippen molar-refractivity contribution in [1.29, 1.82) is 5.26 Å². The number of nitrogens with zero attached hydrogens (tertiary/aromatic N) is 2. The van der Waals surface area contributed by atoms with Crippen molar-refractivity contribution in [1.82, 2.24) is 4.98 Å². The highest BCUT2D eigenvalue weighted by Crippen LogP contribution is 2.33. The zero-order chi connectivity index (χ0) is 19.1. The first-order valence-corrected chi connectivity index (χ1v) is 9.15. The molecule has 0 fully saturated rings. The summed E-state index contributed by atoms with van der Waals surface area (Å²) in [7, 11) is 3.20. The summed E-state index contributed by atoms with van der Waals surface area (Å²) >= 11 is 1.44. The summed E-state index contributed by atoms with van der Waals surface area (Å²) < 4.78 is 10.6. The first-order chi connectivity index (χ1) is 13.2. The second-order valence-electron chi connectivity index (χ2n) is 5.57. The van der Waals surface area contributed by atoms with E-state index in [4.69, 9.17) is 9.47 Å². The summed E-state index contributed by atoms with van der Waals surface area (Å²) in [4.78, 5) is 4.61. The molecule has 0 aliphatic carbocycles. The second-order valence-corrected chi connectivity index (χ2v) is 6.43. The molecule has 3 rings (SSSR count). The molecule has 0 aliphatic heterocycles. The minimum Gasteiger partial charge on any atom is -0.493 e. The number of benzene rings is 2. The van der Waals surface area contributed by atoms with Crippen LogP contribution < -0.4 is 9.47 Å². The number of methoxy groups -OCH3 is 2. The van der Waals surface area contributed by atoms with Crippen molar-refractivity contribution >= 4 is 23.0 Å². The lowest BCUT2D eigenvalue weighted by molar-refractivity contribution is 0.355. The molecule has 1 heterocycles. The number of hydrogen-bond donors (Lipinski definition) is 0.